The molecule has 1 saturated heterocycles. The van der Waals surface area contributed by atoms with E-state index in [2.05, 4.69) is 47.3 Å². The summed E-state index contributed by atoms with van der Waals surface area (Å²) in [6, 6.07) is 8.52. The van der Waals surface area contributed by atoms with Gasteiger partial charge >= 0.3 is 0 Å². The number of aromatic nitrogens is 3. The second kappa shape index (κ2) is 8.80. The molecule has 1 N–H and O–H groups in total. The topological polar surface area (TPSA) is 61.2 Å². The van der Waals surface area contributed by atoms with E-state index >= 15 is 0 Å². The summed E-state index contributed by atoms with van der Waals surface area (Å²) in [5, 5.41) is 11.9. The Balaban J connectivity index is 1.57. The second-order valence-electron chi connectivity index (χ2n) is 6.42. The molecular weight excluding hydrogens is 336 g/mol. The van der Waals surface area contributed by atoms with E-state index in [1.807, 2.05) is 25.3 Å². The van der Waals surface area contributed by atoms with Crippen molar-refractivity contribution < 1.29 is 9.47 Å². The maximum Gasteiger partial charge on any atom is 0.158 e. The van der Waals surface area contributed by atoms with Crippen molar-refractivity contribution in [1.29, 1.82) is 0 Å². The maximum absolute atomic E-state index is 5.75. The summed E-state index contributed by atoms with van der Waals surface area (Å²) in [6.45, 7) is 5.35. The molecule has 1 aliphatic rings. The number of nitrogens with one attached hydrogen (secondary N) is 1. The first-order valence-corrected chi connectivity index (χ1v) is 9.32. The fraction of sp³-hybridized carbons (Fsp3) is 0.556. The van der Waals surface area contributed by atoms with Crippen LogP contribution in [0, 0.1) is 0 Å². The summed E-state index contributed by atoms with van der Waals surface area (Å²) in [4.78, 5) is 0. The standard InChI is InChI=1S/C18H26N4O2S/c1-13(19-14(2)25)15-6-8-17(9-7-15)22-11-16(20-21-22)12-24-18-5-3-4-10-23-18/h6-9,11,13-14,18-19,25H,3-5,10,12H2,1-2H3. The zero-order chi connectivity index (χ0) is 17.6. The van der Waals surface area contributed by atoms with E-state index in [4.69, 9.17) is 9.47 Å². The van der Waals surface area contributed by atoms with Crippen LogP contribution < -0.4 is 5.32 Å². The zero-order valence-electron chi connectivity index (χ0n) is 14.8. The number of hydrogen-bond acceptors (Lipinski definition) is 6. The van der Waals surface area contributed by atoms with E-state index < -0.39 is 0 Å². The van der Waals surface area contributed by atoms with Gasteiger partial charge in [0.2, 0.25) is 0 Å². The highest BCUT2D eigenvalue weighted by molar-refractivity contribution is 7.80. The highest BCUT2D eigenvalue weighted by Gasteiger charge is 2.15. The predicted octanol–water partition coefficient (Wildman–Crippen LogP) is 3.24. The molecule has 1 fully saturated rings. The van der Waals surface area contributed by atoms with Crippen LogP contribution in [0.1, 0.15) is 50.4 Å². The Morgan fingerprint density at radius 1 is 1.32 bits per heavy atom. The van der Waals surface area contributed by atoms with Gasteiger partial charge in [-0.2, -0.15) is 12.6 Å². The lowest BCUT2D eigenvalue weighted by Gasteiger charge is -2.22. The normalized spacial score (nSPS) is 20.4. The Kier molecular flexibility index (Phi) is 6.47. The van der Waals surface area contributed by atoms with Crippen LogP contribution >= 0.6 is 12.6 Å². The average Bonchev–Trinajstić information content (AvgIpc) is 3.09. The summed E-state index contributed by atoms with van der Waals surface area (Å²) < 4.78 is 13.1. The third kappa shape index (κ3) is 5.28. The monoisotopic (exact) mass is 362 g/mol. The predicted molar refractivity (Wildman–Crippen MR) is 99.7 cm³/mol. The van der Waals surface area contributed by atoms with E-state index in [9.17, 15) is 0 Å². The third-order valence-corrected chi connectivity index (χ3v) is 4.39. The van der Waals surface area contributed by atoms with Crippen molar-refractivity contribution in [3.63, 3.8) is 0 Å². The van der Waals surface area contributed by atoms with Crippen molar-refractivity contribution in [3.05, 3.63) is 41.7 Å². The summed E-state index contributed by atoms with van der Waals surface area (Å²) in [7, 11) is 0. The molecule has 0 amide bonds. The smallest absolute Gasteiger partial charge is 0.158 e. The Labute approximate surface area is 154 Å². The van der Waals surface area contributed by atoms with Crippen LogP contribution in [0.25, 0.3) is 5.69 Å². The first-order valence-electron chi connectivity index (χ1n) is 8.80. The summed E-state index contributed by atoms with van der Waals surface area (Å²) in [6.07, 6.45) is 5.01. The van der Waals surface area contributed by atoms with E-state index in [-0.39, 0.29) is 17.7 Å². The quantitative estimate of drug-likeness (QED) is 0.585. The van der Waals surface area contributed by atoms with Gasteiger partial charge in [0.25, 0.3) is 0 Å². The lowest BCUT2D eigenvalue weighted by atomic mass is 10.1. The lowest BCUT2D eigenvalue weighted by molar-refractivity contribution is -0.169. The molecule has 2 heterocycles. The van der Waals surface area contributed by atoms with Crippen LogP contribution in [0.3, 0.4) is 0 Å². The maximum atomic E-state index is 5.75. The SMILES string of the molecule is CC(S)NC(C)c1ccc(-n2cc(COC3CCCCO3)nn2)cc1. The van der Waals surface area contributed by atoms with Crippen LogP contribution in [0.15, 0.2) is 30.5 Å². The number of nitrogens with zero attached hydrogens (tertiary/aromatic N) is 3. The molecule has 3 unspecified atom stereocenters. The fourth-order valence-electron chi connectivity index (χ4n) is 2.89. The van der Waals surface area contributed by atoms with Crippen LogP contribution in [-0.2, 0) is 16.1 Å². The number of rotatable bonds is 7. The highest BCUT2D eigenvalue weighted by Crippen LogP contribution is 2.18. The first-order chi connectivity index (χ1) is 12.1. The second-order valence-corrected chi connectivity index (χ2v) is 7.19. The average molecular weight is 362 g/mol. The molecule has 0 saturated carbocycles. The van der Waals surface area contributed by atoms with Crippen molar-refractivity contribution >= 4 is 12.6 Å². The van der Waals surface area contributed by atoms with Gasteiger partial charge in [-0.15, -0.1) is 5.10 Å². The molecule has 0 radical (unpaired) electrons. The molecule has 1 aromatic heterocycles. The number of thiol groups is 1. The van der Waals surface area contributed by atoms with Gasteiger partial charge in [-0.3, -0.25) is 5.32 Å². The highest BCUT2D eigenvalue weighted by atomic mass is 32.1. The van der Waals surface area contributed by atoms with Gasteiger partial charge in [-0.25, -0.2) is 4.68 Å². The molecule has 1 aromatic carbocycles. The van der Waals surface area contributed by atoms with Crippen molar-refractivity contribution in [2.45, 2.75) is 57.4 Å². The summed E-state index contributed by atoms with van der Waals surface area (Å²) >= 11 is 4.37. The Morgan fingerprint density at radius 3 is 2.80 bits per heavy atom. The molecule has 136 valence electrons. The summed E-state index contributed by atoms with van der Waals surface area (Å²) in [5.41, 5.74) is 2.99. The fourth-order valence-corrected chi connectivity index (χ4v) is 3.11. The largest absolute Gasteiger partial charge is 0.353 e. The molecule has 0 spiro atoms. The minimum Gasteiger partial charge on any atom is -0.353 e. The molecule has 7 heteroatoms. The van der Waals surface area contributed by atoms with E-state index in [0.29, 0.717) is 6.61 Å². The van der Waals surface area contributed by atoms with Crippen molar-refractivity contribution in [2.75, 3.05) is 6.61 Å². The Morgan fingerprint density at radius 2 is 2.12 bits per heavy atom. The van der Waals surface area contributed by atoms with Gasteiger partial charge in [0.05, 0.1) is 18.5 Å². The van der Waals surface area contributed by atoms with Gasteiger partial charge in [0, 0.05) is 18.0 Å². The van der Waals surface area contributed by atoms with Crippen molar-refractivity contribution in [2.24, 2.45) is 0 Å². The van der Waals surface area contributed by atoms with Gasteiger partial charge in [0.15, 0.2) is 6.29 Å². The van der Waals surface area contributed by atoms with E-state index in [1.54, 1.807) is 4.68 Å². The molecule has 1 aliphatic heterocycles. The third-order valence-electron chi connectivity index (χ3n) is 4.24. The summed E-state index contributed by atoms with van der Waals surface area (Å²) in [5.74, 6) is 0. The van der Waals surface area contributed by atoms with Gasteiger partial charge < -0.3 is 9.47 Å². The Bertz CT molecular complexity index is 653. The van der Waals surface area contributed by atoms with Crippen molar-refractivity contribution in [1.82, 2.24) is 20.3 Å². The molecule has 0 bridgehead atoms. The minimum atomic E-state index is -0.110. The number of ether oxygens (including phenoxy) is 2. The first kappa shape index (κ1) is 18.4. The van der Waals surface area contributed by atoms with E-state index in [0.717, 1.165) is 37.3 Å². The Hall–Kier alpha value is -1.41. The van der Waals surface area contributed by atoms with Gasteiger partial charge in [-0.05, 0) is 50.8 Å². The van der Waals surface area contributed by atoms with E-state index in [1.165, 1.54) is 5.56 Å². The zero-order valence-corrected chi connectivity index (χ0v) is 15.7. The number of hydrogen-bond donors (Lipinski definition) is 2. The van der Waals surface area contributed by atoms with Crippen LogP contribution in [0.5, 0.6) is 0 Å². The molecule has 6 nitrogen and oxygen atoms in total. The molecular formula is C18H26N4O2S. The molecule has 25 heavy (non-hydrogen) atoms. The van der Waals surface area contributed by atoms with Crippen LogP contribution in [-0.4, -0.2) is 33.3 Å². The molecule has 3 rings (SSSR count). The van der Waals surface area contributed by atoms with Crippen molar-refractivity contribution in [3.8, 4) is 5.69 Å². The molecule has 2 aromatic rings. The lowest BCUT2D eigenvalue weighted by Crippen LogP contribution is -2.24. The molecule has 0 aliphatic carbocycles. The van der Waals surface area contributed by atoms with Crippen LogP contribution in [0.2, 0.25) is 0 Å². The minimum absolute atomic E-state index is 0.110. The molecule has 3 atom stereocenters. The van der Waals surface area contributed by atoms with Gasteiger partial charge in [-0.1, -0.05) is 17.3 Å². The van der Waals surface area contributed by atoms with Gasteiger partial charge in [0.1, 0.15) is 5.69 Å². The van der Waals surface area contributed by atoms with Crippen LogP contribution in [0.4, 0.5) is 0 Å². The number of benzene rings is 1.